The van der Waals surface area contributed by atoms with Crippen molar-refractivity contribution < 1.29 is 17.7 Å². The molecule has 1 atom stereocenters. The molecule has 0 aliphatic carbocycles. The second-order valence-corrected chi connectivity index (χ2v) is 10.9. The number of benzene rings is 2. The Morgan fingerprint density at radius 3 is 2.73 bits per heavy atom. The SMILES string of the molecule is CCC(=CC1Oc2ccc(Cl)cc2N1CCCS(=O)(=O)O)C=C1Sc2ccccc2N1CC. The van der Waals surface area contributed by atoms with E-state index in [0.29, 0.717) is 17.3 Å². The van der Waals surface area contributed by atoms with E-state index < -0.39 is 16.3 Å². The number of rotatable bonds is 8. The van der Waals surface area contributed by atoms with E-state index in [1.54, 1.807) is 17.8 Å². The van der Waals surface area contributed by atoms with Gasteiger partial charge in [0.25, 0.3) is 10.1 Å². The minimum atomic E-state index is -4.02. The van der Waals surface area contributed by atoms with Crippen molar-refractivity contribution in [2.75, 3.05) is 28.6 Å². The predicted molar refractivity (Wildman–Crippen MR) is 136 cm³/mol. The number of para-hydroxylation sites is 1. The van der Waals surface area contributed by atoms with Gasteiger partial charge >= 0.3 is 0 Å². The van der Waals surface area contributed by atoms with Gasteiger partial charge in [-0.25, -0.2) is 0 Å². The zero-order chi connectivity index (χ0) is 23.6. The second kappa shape index (κ2) is 10.0. The summed E-state index contributed by atoms with van der Waals surface area (Å²) < 4.78 is 37.8. The Balaban J connectivity index is 1.61. The molecule has 6 nitrogen and oxygen atoms in total. The van der Waals surface area contributed by atoms with Crippen molar-refractivity contribution in [3.8, 4) is 5.75 Å². The first kappa shape index (κ1) is 24.0. The third-order valence-electron chi connectivity index (χ3n) is 5.61. The number of anilines is 2. The maximum Gasteiger partial charge on any atom is 0.264 e. The van der Waals surface area contributed by atoms with Crippen molar-refractivity contribution in [2.45, 2.75) is 37.8 Å². The highest BCUT2D eigenvalue weighted by molar-refractivity contribution is 8.03. The van der Waals surface area contributed by atoms with E-state index in [-0.39, 0.29) is 12.2 Å². The molecule has 33 heavy (non-hydrogen) atoms. The molecule has 0 radical (unpaired) electrons. The summed E-state index contributed by atoms with van der Waals surface area (Å²) >= 11 is 7.97. The Kier molecular flexibility index (Phi) is 7.28. The molecule has 0 fully saturated rings. The summed E-state index contributed by atoms with van der Waals surface area (Å²) in [5.41, 5.74) is 3.16. The molecule has 0 saturated heterocycles. The average molecular weight is 507 g/mol. The molecule has 0 saturated carbocycles. The Bertz CT molecular complexity index is 1200. The van der Waals surface area contributed by atoms with E-state index in [1.165, 1.54) is 15.6 Å². The Morgan fingerprint density at radius 2 is 2.00 bits per heavy atom. The van der Waals surface area contributed by atoms with E-state index in [9.17, 15) is 8.42 Å². The van der Waals surface area contributed by atoms with Gasteiger partial charge in [0.15, 0.2) is 6.23 Å². The fourth-order valence-corrected chi connectivity index (χ4v) is 5.89. The van der Waals surface area contributed by atoms with Crippen molar-refractivity contribution in [1.82, 2.24) is 0 Å². The van der Waals surface area contributed by atoms with E-state index in [0.717, 1.165) is 24.2 Å². The topological polar surface area (TPSA) is 70.1 Å². The zero-order valence-corrected chi connectivity index (χ0v) is 21.0. The molecule has 0 aromatic heterocycles. The van der Waals surface area contributed by atoms with Crippen LogP contribution in [0.3, 0.4) is 0 Å². The highest BCUT2D eigenvalue weighted by atomic mass is 35.5. The standard InChI is InChI=1S/C24H27ClN2O4S2/c1-3-17(15-24-26(4-2)19-8-5-6-9-22(19)32-24)14-23-27(12-7-13-33(28,29)30)20-16-18(25)10-11-21(20)31-23/h5-6,8-11,14-16,23H,3-4,7,12-13H2,1-2H3,(H,28,29,30). The van der Waals surface area contributed by atoms with Gasteiger partial charge in [-0.3, -0.25) is 4.55 Å². The molecule has 0 bridgehead atoms. The molecular weight excluding hydrogens is 480 g/mol. The maximum atomic E-state index is 11.2. The molecule has 2 aliphatic rings. The maximum absolute atomic E-state index is 11.2. The second-order valence-electron chi connectivity index (χ2n) is 7.85. The van der Waals surface area contributed by atoms with Crippen LogP contribution in [0.15, 0.2) is 70.1 Å². The van der Waals surface area contributed by atoms with Gasteiger partial charge in [0.1, 0.15) is 5.75 Å². The number of hydrogen-bond acceptors (Lipinski definition) is 6. The van der Waals surface area contributed by atoms with Gasteiger partial charge in [0, 0.05) is 23.0 Å². The fourth-order valence-electron chi connectivity index (χ4n) is 4.03. The highest BCUT2D eigenvalue weighted by Crippen LogP contribution is 2.46. The summed E-state index contributed by atoms with van der Waals surface area (Å²) in [6.45, 7) is 5.53. The van der Waals surface area contributed by atoms with Crippen molar-refractivity contribution in [3.05, 3.63) is 70.2 Å². The third kappa shape index (κ3) is 5.51. The monoisotopic (exact) mass is 506 g/mol. The Labute approximate surface area is 204 Å². The van der Waals surface area contributed by atoms with Crippen LogP contribution in [0.4, 0.5) is 11.4 Å². The van der Waals surface area contributed by atoms with Crippen LogP contribution in [0.1, 0.15) is 26.7 Å². The van der Waals surface area contributed by atoms with Crippen LogP contribution < -0.4 is 14.5 Å². The van der Waals surface area contributed by atoms with Crippen molar-refractivity contribution in [2.24, 2.45) is 0 Å². The molecule has 9 heteroatoms. The first-order valence-corrected chi connectivity index (χ1v) is 13.7. The summed E-state index contributed by atoms with van der Waals surface area (Å²) in [6.07, 6.45) is 4.97. The molecule has 2 aromatic carbocycles. The number of halogens is 1. The Hall–Kier alpha value is -2.13. The first-order chi connectivity index (χ1) is 15.8. The lowest BCUT2D eigenvalue weighted by Crippen LogP contribution is -2.35. The average Bonchev–Trinajstić information content (AvgIpc) is 3.29. The lowest BCUT2D eigenvalue weighted by molar-refractivity contribution is 0.272. The minimum absolute atomic E-state index is 0.274. The molecule has 176 valence electrons. The molecular formula is C24H27ClN2O4S2. The number of thioether (sulfide) groups is 1. The highest BCUT2D eigenvalue weighted by Gasteiger charge is 2.30. The molecule has 0 amide bonds. The van der Waals surface area contributed by atoms with E-state index in [2.05, 4.69) is 55.2 Å². The van der Waals surface area contributed by atoms with Crippen LogP contribution in [-0.2, 0) is 10.1 Å². The lowest BCUT2D eigenvalue weighted by Gasteiger charge is -2.24. The summed E-state index contributed by atoms with van der Waals surface area (Å²) in [7, 11) is -4.02. The van der Waals surface area contributed by atoms with Crippen LogP contribution in [0, 0.1) is 0 Å². The first-order valence-electron chi connectivity index (χ1n) is 10.9. The van der Waals surface area contributed by atoms with Crippen molar-refractivity contribution >= 4 is 44.9 Å². The van der Waals surface area contributed by atoms with Gasteiger partial charge in [-0.2, -0.15) is 8.42 Å². The van der Waals surface area contributed by atoms with Crippen LogP contribution in [0.2, 0.25) is 5.02 Å². The normalized spacial score (nSPS) is 19.1. The quantitative estimate of drug-likeness (QED) is 0.443. The van der Waals surface area contributed by atoms with Gasteiger partial charge in [0.05, 0.1) is 22.2 Å². The smallest absolute Gasteiger partial charge is 0.264 e. The third-order valence-corrected chi connectivity index (χ3v) is 7.77. The minimum Gasteiger partial charge on any atom is -0.465 e. The molecule has 2 aliphatic heterocycles. The molecule has 4 rings (SSSR count). The molecule has 2 heterocycles. The zero-order valence-electron chi connectivity index (χ0n) is 18.6. The molecule has 2 aromatic rings. The van der Waals surface area contributed by atoms with E-state index in [4.69, 9.17) is 20.9 Å². The van der Waals surface area contributed by atoms with Gasteiger partial charge in [-0.05, 0) is 67.8 Å². The van der Waals surface area contributed by atoms with E-state index >= 15 is 0 Å². The fraction of sp³-hybridized carbons (Fsp3) is 0.333. The number of allylic oxidation sites excluding steroid dienone is 2. The predicted octanol–water partition coefficient (Wildman–Crippen LogP) is 5.95. The number of ether oxygens (including phenoxy) is 1. The van der Waals surface area contributed by atoms with Gasteiger partial charge < -0.3 is 14.5 Å². The summed E-state index contributed by atoms with van der Waals surface area (Å²) in [5.74, 6) is 0.398. The summed E-state index contributed by atoms with van der Waals surface area (Å²) in [5, 5.41) is 1.75. The number of fused-ring (bicyclic) bond motifs is 2. The molecule has 1 N–H and O–H groups in total. The van der Waals surface area contributed by atoms with Gasteiger partial charge in [0.2, 0.25) is 0 Å². The van der Waals surface area contributed by atoms with Crippen LogP contribution in [0.25, 0.3) is 0 Å². The van der Waals surface area contributed by atoms with E-state index in [1.807, 2.05) is 17.0 Å². The van der Waals surface area contributed by atoms with Crippen molar-refractivity contribution in [3.63, 3.8) is 0 Å². The number of hydrogen-bond donors (Lipinski definition) is 1. The van der Waals surface area contributed by atoms with Crippen LogP contribution in [0.5, 0.6) is 5.75 Å². The van der Waals surface area contributed by atoms with Gasteiger partial charge in [-0.1, -0.05) is 42.4 Å². The largest absolute Gasteiger partial charge is 0.465 e. The molecule has 0 spiro atoms. The molecule has 1 unspecified atom stereocenters. The summed E-state index contributed by atoms with van der Waals surface area (Å²) in [4.78, 5) is 5.54. The lowest BCUT2D eigenvalue weighted by atomic mass is 10.1. The van der Waals surface area contributed by atoms with Crippen LogP contribution >= 0.6 is 23.4 Å². The number of nitrogens with zero attached hydrogens (tertiary/aromatic N) is 2. The summed E-state index contributed by atoms with van der Waals surface area (Å²) in [6, 6.07) is 13.8. The Morgan fingerprint density at radius 1 is 1.21 bits per heavy atom. The van der Waals surface area contributed by atoms with Crippen molar-refractivity contribution in [1.29, 1.82) is 0 Å². The van der Waals surface area contributed by atoms with Gasteiger partial charge in [-0.15, -0.1) is 0 Å². The van der Waals surface area contributed by atoms with Crippen LogP contribution in [-0.4, -0.2) is 38.0 Å².